The number of aryl methyl sites for hydroxylation is 1. The van der Waals surface area contributed by atoms with Crippen LogP contribution in [0.25, 0.3) is 0 Å². The Balaban J connectivity index is 1.82. The van der Waals surface area contributed by atoms with E-state index in [1.807, 2.05) is 0 Å². The Morgan fingerprint density at radius 3 is 1.28 bits per heavy atom. The van der Waals surface area contributed by atoms with Gasteiger partial charge in [-0.25, -0.2) is 0 Å². The van der Waals surface area contributed by atoms with Gasteiger partial charge in [0.15, 0.2) is 0 Å². The average Bonchev–Trinajstić information content (AvgIpc) is 3.06. The highest BCUT2D eigenvalue weighted by molar-refractivity contribution is 5.41. The van der Waals surface area contributed by atoms with Gasteiger partial charge in [0.2, 0.25) is 11.9 Å². The Morgan fingerprint density at radius 2 is 0.849 bits per heavy atom. The van der Waals surface area contributed by atoms with Crippen molar-refractivity contribution in [2.45, 2.75) is 252 Å². The summed E-state index contributed by atoms with van der Waals surface area (Å²) in [5.74, 6) is 2.59. The van der Waals surface area contributed by atoms with Crippen molar-refractivity contribution in [1.82, 2.24) is 24.8 Å². The standard InChI is InChI=1S/C46H89N7/c1-14-17-20-23-26-29-32-52-43(5,6)34-39(35-44(52,7)8)50(13)41-47-38(4)48-42(49-41)51(31-28-25-22-19-16-3)40-36-45(9,10)53(46(11,12)37-40)33-30-27-24-21-18-15-2/h39-40H,14-37H2,1-13H3. The fourth-order valence-electron chi connectivity index (χ4n) is 10.6. The fourth-order valence-corrected chi connectivity index (χ4v) is 10.6. The molecule has 0 atom stereocenters. The molecule has 0 N–H and O–H groups in total. The van der Waals surface area contributed by atoms with Crippen LogP contribution in [0.4, 0.5) is 11.9 Å². The van der Waals surface area contributed by atoms with Crippen LogP contribution in [0.2, 0.25) is 0 Å². The first-order valence-corrected chi connectivity index (χ1v) is 22.8. The second-order valence-electron chi connectivity index (χ2n) is 19.9. The van der Waals surface area contributed by atoms with E-state index in [0.29, 0.717) is 12.1 Å². The minimum absolute atomic E-state index is 0.110. The molecule has 7 heteroatoms. The van der Waals surface area contributed by atoms with Crippen LogP contribution in [0, 0.1) is 6.92 Å². The van der Waals surface area contributed by atoms with E-state index in [1.165, 1.54) is 122 Å². The third-order valence-corrected chi connectivity index (χ3v) is 13.1. The second-order valence-corrected chi connectivity index (χ2v) is 19.9. The topological polar surface area (TPSA) is 51.6 Å². The molecule has 53 heavy (non-hydrogen) atoms. The van der Waals surface area contributed by atoms with E-state index < -0.39 is 0 Å². The maximum atomic E-state index is 5.40. The lowest BCUT2D eigenvalue weighted by atomic mass is 9.76. The van der Waals surface area contributed by atoms with Gasteiger partial charge >= 0.3 is 0 Å². The molecule has 0 spiro atoms. The van der Waals surface area contributed by atoms with Crippen LogP contribution in [-0.4, -0.2) is 85.7 Å². The van der Waals surface area contributed by atoms with Crippen LogP contribution in [0.3, 0.4) is 0 Å². The highest BCUT2D eigenvalue weighted by atomic mass is 15.4. The molecule has 2 aliphatic rings. The Morgan fingerprint density at radius 1 is 0.491 bits per heavy atom. The smallest absolute Gasteiger partial charge is 0.230 e. The summed E-state index contributed by atoms with van der Waals surface area (Å²) < 4.78 is 0. The van der Waals surface area contributed by atoms with Crippen LogP contribution in [0.15, 0.2) is 0 Å². The van der Waals surface area contributed by atoms with Crippen molar-refractivity contribution in [3.63, 3.8) is 0 Å². The van der Waals surface area contributed by atoms with Crippen LogP contribution in [-0.2, 0) is 0 Å². The van der Waals surface area contributed by atoms with Crippen molar-refractivity contribution < 1.29 is 0 Å². The van der Waals surface area contributed by atoms with E-state index in [-0.39, 0.29) is 22.2 Å². The summed E-state index contributed by atoms with van der Waals surface area (Å²) >= 11 is 0. The highest BCUT2D eigenvalue weighted by Crippen LogP contribution is 2.43. The number of nitrogens with zero attached hydrogens (tertiary/aromatic N) is 7. The zero-order chi connectivity index (χ0) is 39.3. The van der Waals surface area contributed by atoms with E-state index in [2.05, 4.69) is 110 Å². The molecule has 3 heterocycles. The van der Waals surface area contributed by atoms with E-state index in [1.54, 1.807) is 0 Å². The number of rotatable bonds is 24. The van der Waals surface area contributed by atoms with Crippen LogP contribution in [0.5, 0.6) is 0 Å². The summed E-state index contributed by atoms with van der Waals surface area (Å²) in [7, 11) is 2.25. The molecular weight excluding hydrogens is 651 g/mol. The zero-order valence-electron chi connectivity index (χ0n) is 37.8. The van der Waals surface area contributed by atoms with E-state index in [4.69, 9.17) is 15.0 Å². The lowest BCUT2D eigenvalue weighted by Crippen LogP contribution is -2.64. The molecule has 0 saturated carbocycles. The van der Waals surface area contributed by atoms with Gasteiger partial charge in [0.25, 0.3) is 0 Å². The number of unbranched alkanes of at least 4 members (excludes halogenated alkanes) is 14. The van der Waals surface area contributed by atoms with Gasteiger partial charge < -0.3 is 9.80 Å². The van der Waals surface area contributed by atoms with Gasteiger partial charge in [-0.2, -0.15) is 15.0 Å². The van der Waals surface area contributed by atoms with Gasteiger partial charge in [0, 0.05) is 47.8 Å². The first-order valence-electron chi connectivity index (χ1n) is 22.8. The van der Waals surface area contributed by atoms with E-state index >= 15 is 0 Å². The summed E-state index contributed by atoms with van der Waals surface area (Å²) in [6.45, 7) is 32.3. The minimum atomic E-state index is 0.110. The number of hydrogen-bond acceptors (Lipinski definition) is 7. The molecule has 3 rings (SSSR count). The molecule has 2 fully saturated rings. The van der Waals surface area contributed by atoms with Crippen molar-refractivity contribution in [3.05, 3.63) is 5.82 Å². The quantitative estimate of drug-likeness (QED) is 0.0978. The third kappa shape index (κ3) is 13.6. The van der Waals surface area contributed by atoms with Gasteiger partial charge in [-0.1, -0.05) is 111 Å². The van der Waals surface area contributed by atoms with Crippen molar-refractivity contribution in [1.29, 1.82) is 0 Å². The Bertz CT molecular complexity index is 1140. The van der Waals surface area contributed by atoms with Gasteiger partial charge in [0.1, 0.15) is 5.82 Å². The van der Waals surface area contributed by atoms with Gasteiger partial charge in [0.05, 0.1) is 0 Å². The summed E-state index contributed by atoms with van der Waals surface area (Å²) in [6.07, 6.45) is 27.1. The molecule has 1 aromatic rings. The first-order chi connectivity index (χ1) is 25.0. The third-order valence-electron chi connectivity index (χ3n) is 13.1. The molecule has 0 aliphatic carbocycles. The molecular formula is C46H89N7. The Kier molecular flexibility index (Phi) is 18.3. The van der Waals surface area contributed by atoms with Gasteiger partial charge in [-0.15, -0.1) is 0 Å². The maximum Gasteiger partial charge on any atom is 0.230 e. The SMILES string of the molecule is CCCCCCCCN1C(C)(C)CC(N(C)c2nc(C)nc(N(CCCCCCC)C3CC(C)(C)N(CCCCCCCC)C(C)(C)C3)n2)CC1(C)C. The largest absolute Gasteiger partial charge is 0.341 e. The van der Waals surface area contributed by atoms with Crippen molar-refractivity contribution in [2.75, 3.05) is 36.5 Å². The summed E-state index contributed by atoms with van der Waals surface area (Å²) in [5.41, 5.74) is 0.442. The molecule has 0 amide bonds. The minimum Gasteiger partial charge on any atom is -0.341 e. The number of likely N-dealkylation sites (tertiary alicyclic amines) is 2. The Hall–Kier alpha value is -1.47. The van der Waals surface area contributed by atoms with E-state index in [9.17, 15) is 0 Å². The van der Waals surface area contributed by atoms with Crippen molar-refractivity contribution >= 4 is 11.9 Å². The Labute approximate surface area is 330 Å². The molecule has 0 bridgehead atoms. The number of anilines is 2. The zero-order valence-corrected chi connectivity index (χ0v) is 37.8. The summed E-state index contributed by atoms with van der Waals surface area (Å²) in [5, 5.41) is 0. The molecule has 1 aromatic heterocycles. The van der Waals surface area contributed by atoms with Gasteiger partial charge in [-0.05, 0) is 120 Å². The monoisotopic (exact) mass is 740 g/mol. The maximum absolute atomic E-state index is 5.40. The van der Waals surface area contributed by atoms with Crippen LogP contribution >= 0.6 is 0 Å². The second kappa shape index (κ2) is 21.2. The molecule has 0 radical (unpaired) electrons. The lowest BCUT2D eigenvalue weighted by Gasteiger charge is -2.57. The lowest BCUT2D eigenvalue weighted by molar-refractivity contribution is -0.0370. The summed E-state index contributed by atoms with van der Waals surface area (Å²) in [6, 6.07) is 0.774. The number of aromatic nitrogens is 3. The molecule has 2 aliphatic heterocycles. The van der Waals surface area contributed by atoms with E-state index in [0.717, 1.165) is 49.9 Å². The fraction of sp³-hybridized carbons (Fsp3) is 0.935. The predicted molar refractivity (Wildman–Crippen MR) is 232 cm³/mol. The first kappa shape index (κ1) is 45.9. The normalized spacial score (nSPS) is 20.5. The molecule has 0 unspecified atom stereocenters. The van der Waals surface area contributed by atoms with Crippen LogP contribution in [0.1, 0.15) is 217 Å². The predicted octanol–water partition coefficient (Wildman–Crippen LogP) is 12.2. The van der Waals surface area contributed by atoms with Gasteiger partial charge in [-0.3, -0.25) is 9.80 Å². The molecule has 2 saturated heterocycles. The number of piperidine rings is 2. The average molecular weight is 740 g/mol. The molecule has 7 nitrogen and oxygen atoms in total. The molecule has 0 aromatic carbocycles. The number of hydrogen-bond donors (Lipinski definition) is 0. The van der Waals surface area contributed by atoms with Crippen molar-refractivity contribution in [2.24, 2.45) is 0 Å². The van der Waals surface area contributed by atoms with Crippen LogP contribution < -0.4 is 9.80 Å². The highest BCUT2D eigenvalue weighted by Gasteiger charge is 2.48. The summed E-state index contributed by atoms with van der Waals surface area (Å²) in [4.78, 5) is 26.3. The van der Waals surface area contributed by atoms with Crippen molar-refractivity contribution in [3.8, 4) is 0 Å². The molecule has 308 valence electrons.